The number of halogens is 1. The third kappa shape index (κ3) is 4.72. The number of carbonyl (C=O) groups excluding carboxylic acids is 1. The number of hydrogen-bond donors (Lipinski definition) is 1. The van der Waals surface area contributed by atoms with Crippen LogP contribution in [0.5, 0.6) is 11.5 Å². The zero-order chi connectivity index (χ0) is 27.2. The number of methoxy groups -OCH3 is 1. The zero-order valence-electron chi connectivity index (χ0n) is 20.7. The molecule has 0 saturated heterocycles. The van der Waals surface area contributed by atoms with E-state index < -0.39 is 22.0 Å². The maximum Gasteiger partial charge on any atom is 0.308 e. The lowest BCUT2D eigenvalue weighted by molar-refractivity contribution is -0.122. The number of anilines is 2. The molecule has 0 aliphatic carbocycles. The topological polar surface area (TPSA) is 107 Å². The molecule has 1 N–H and O–H groups in total. The number of amides is 1. The molecule has 1 amide bonds. The van der Waals surface area contributed by atoms with Crippen LogP contribution in [-0.2, 0) is 14.8 Å². The number of sulfonamides is 1. The van der Waals surface area contributed by atoms with Gasteiger partial charge in [0.2, 0.25) is 0 Å². The van der Waals surface area contributed by atoms with Gasteiger partial charge in [-0.1, -0.05) is 22.9 Å². The highest BCUT2D eigenvalue weighted by Gasteiger charge is 2.38. The van der Waals surface area contributed by atoms with Gasteiger partial charge in [0.25, 0.3) is 15.9 Å². The first kappa shape index (κ1) is 26.1. The number of carbonyl (C=O) groups is 1. The molecular formula is C26H24ClN3O6S2. The molecule has 2 heterocycles. The number of thiazole rings is 1. The third-order valence-corrected chi connectivity index (χ3v) is 9.07. The molecular weight excluding hydrogens is 550 g/mol. The van der Waals surface area contributed by atoms with E-state index in [1.165, 1.54) is 31.4 Å². The van der Waals surface area contributed by atoms with Gasteiger partial charge >= 0.3 is 4.87 Å². The number of nitrogens with one attached hydrogen (secondary N) is 1. The molecule has 5 rings (SSSR count). The van der Waals surface area contributed by atoms with Crippen LogP contribution in [0.1, 0.15) is 19.9 Å². The van der Waals surface area contributed by atoms with E-state index in [-0.39, 0.29) is 33.8 Å². The molecule has 0 spiro atoms. The van der Waals surface area contributed by atoms with Crippen LogP contribution >= 0.6 is 22.9 Å². The molecule has 0 radical (unpaired) electrons. The fraction of sp³-hybridized carbons (Fsp3) is 0.231. The van der Waals surface area contributed by atoms with Gasteiger partial charge in [-0.25, -0.2) is 8.42 Å². The van der Waals surface area contributed by atoms with Crippen LogP contribution in [0.4, 0.5) is 11.4 Å². The van der Waals surface area contributed by atoms with Gasteiger partial charge in [-0.15, -0.1) is 0 Å². The highest BCUT2D eigenvalue weighted by Crippen LogP contribution is 2.39. The lowest BCUT2D eigenvalue weighted by Gasteiger charge is -2.34. The summed E-state index contributed by atoms with van der Waals surface area (Å²) in [5.74, 6) is 0.188. The van der Waals surface area contributed by atoms with Crippen LogP contribution in [0, 0.1) is 0 Å². The predicted molar refractivity (Wildman–Crippen MR) is 148 cm³/mol. The molecule has 0 fully saturated rings. The van der Waals surface area contributed by atoms with Crippen LogP contribution < -0.4 is 24.0 Å². The Hall–Kier alpha value is -3.54. The van der Waals surface area contributed by atoms with Gasteiger partial charge in [-0.05, 0) is 74.5 Å². The molecule has 4 aromatic rings. The number of nitrogens with zero attached hydrogens (tertiary/aromatic N) is 2. The van der Waals surface area contributed by atoms with Crippen LogP contribution in [-0.4, -0.2) is 38.7 Å². The number of hydrogen-bond acceptors (Lipinski definition) is 7. The van der Waals surface area contributed by atoms with Gasteiger partial charge in [0.1, 0.15) is 11.5 Å². The summed E-state index contributed by atoms with van der Waals surface area (Å²) in [6, 6.07) is 15.8. The van der Waals surface area contributed by atoms with Crippen molar-refractivity contribution in [3.63, 3.8) is 0 Å². The molecule has 12 heteroatoms. The van der Waals surface area contributed by atoms with Crippen molar-refractivity contribution in [2.24, 2.45) is 0 Å². The van der Waals surface area contributed by atoms with E-state index in [1.54, 1.807) is 41.0 Å². The van der Waals surface area contributed by atoms with Gasteiger partial charge in [-0.2, -0.15) is 0 Å². The van der Waals surface area contributed by atoms with E-state index in [1.807, 2.05) is 13.8 Å². The molecule has 0 unspecified atom stereocenters. The fourth-order valence-corrected chi connectivity index (χ4v) is 6.98. The Morgan fingerprint density at radius 3 is 2.55 bits per heavy atom. The fourth-order valence-electron chi connectivity index (χ4n) is 4.29. The van der Waals surface area contributed by atoms with Crippen molar-refractivity contribution < 1.29 is 22.7 Å². The minimum Gasteiger partial charge on any atom is -0.497 e. The molecule has 1 aliphatic rings. The highest BCUT2D eigenvalue weighted by molar-refractivity contribution is 7.92. The van der Waals surface area contributed by atoms with Gasteiger partial charge in [0.15, 0.2) is 6.10 Å². The Balaban J connectivity index is 1.46. The summed E-state index contributed by atoms with van der Waals surface area (Å²) in [5, 5.41) is 3.12. The number of benzene rings is 3. The monoisotopic (exact) mass is 573 g/mol. The second kappa shape index (κ2) is 9.97. The first-order valence-electron chi connectivity index (χ1n) is 11.7. The van der Waals surface area contributed by atoms with Crippen LogP contribution in [0.25, 0.3) is 10.2 Å². The van der Waals surface area contributed by atoms with Gasteiger partial charge < -0.3 is 14.8 Å². The second-order valence-electron chi connectivity index (χ2n) is 8.93. The Morgan fingerprint density at radius 1 is 1.13 bits per heavy atom. The van der Waals surface area contributed by atoms with Crippen LogP contribution in [0.2, 0.25) is 5.02 Å². The Bertz CT molecular complexity index is 1700. The molecule has 0 saturated carbocycles. The summed E-state index contributed by atoms with van der Waals surface area (Å²) in [7, 11) is -2.58. The van der Waals surface area contributed by atoms with Gasteiger partial charge in [0, 0.05) is 16.8 Å². The standard InChI is InChI=1S/C26H24ClN3O6S2/c1-15(2)30-20-10-5-17(13-24(20)37-26(30)32)28-25(31)23-14-29(21-12-16(27)4-11-22(21)36-23)38(33,34)19-8-6-18(35-3)7-9-19/h4-13,15,23H,14H2,1-3H3,(H,28,31)/t23-/m0/s1. The molecule has 38 heavy (non-hydrogen) atoms. The molecule has 0 bridgehead atoms. The van der Waals surface area contributed by atoms with Gasteiger partial charge in [-0.3, -0.25) is 18.5 Å². The smallest absolute Gasteiger partial charge is 0.308 e. The molecule has 1 aromatic heterocycles. The third-order valence-electron chi connectivity index (χ3n) is 6.13. The Kier molecular flexibility index (Phi) is 6.84. The van der Waals surface area contributed by atoms with Crippen molar-refractivity contribution in [1.82, 2.24) is 4.57 Å². The van der Waals surface area contributed by atoms with Crippen molar-refractivity contribution >= 4 is 60.5 Å². The average molecular weight is 574 g/mol. The van der Waals surface area contributed by atoms with Crippen molar-refractivity contribution in [3.8, 4) is 11.5 Å². The maximum atomic E-state index is 13.6. The summed E-state index contributed by atoms with van der Waals surface area (Å²) in [6.07, 6.45) is -1.15. The number of aromatic nitrogens is 1. The second-order valence-corrected chi connectivity index (χ2v) is 12.2. The summed E-state index contributed by atoms with van der Waals surface area (Å²) in [4.78, 5) is 25.6. The van der Waals surface area contributed by atoms with E-state index in [0.717, 1.165) is 25.9 Å². The van der Waals surface area contributed by atoms with E-state index in [2.05, 4.69) is 5.32 Å². The van der Waals surface area contributed by atoms with Crippen molar-refractivity contribution in [2.75, 3.05) is 23.3 Å². The van der Waals surface area contributed by atoms with Gasteiger partial charge in [0.05, 0.1) is 34.5 Å². The van der Waals surface area contributed by atoms with Crippen molar-refractivity contribution in [1.29, 1.82) is 0 Å². The average Bonchev–Trinajstić information content (AvgIpc) is 3.23. The minimum absolute atomic E-state index is 0.000430. The molecule has 9 nitrogen and oxygen atoms in total. The molecule has 1 atom stereocenters. The summed E-state index contributed by atoms with van der Waals surface area (Å²) in [6.45, 7) is 3.59. The molecule has 3 aromatic carbocycles. The first-order chi connectivity index (χ1) is 18.1. The summed E-state index contributed by atoms with van der Waals surface area (Å²) < 4.78 is 41.9. The number of ether oxygens (including phenoxy) is 2. The largest absolute Gasteiger partial charge is 0.497 e. The molecule has 1 aliphatic heterocycles. The molecule has 198 valence electrons. The Labute approximate surface area is 228 Å². The summed E-state index contributed by atoms with van der Waals surface area (Å²) in [5.41, 5.74) is 1.48. The number of rotatable bonds is 6. The predicted octanol–water partition coefficient (Wildman–Crippen LogP) is 4.90. The SMILES string of the molecule is COc1ccc(S(=O)(=O)N2C[C@@H](C(=O)Nc3ccc4c(c3)sc(=O)n4C(C)C)Oc3ccc(Cl)cc32)cc1. The quantitative estimate of drug-likeness (QED) is 0.351. The van der Waals surface area contributed by atoms with E-state index in [0.29, 0.717) is 16.5 Å². The van der Waals surface area contributed by atoms with Crippen LogP contribution in [0.15, 0.2) is 70.4 Å². The first-order valence-corrected chi connectivity index (χ1v) is 14.3. The lowest BCUT2D eigenvalue weighted by Crippen LogP contribution is -2.48. The highest BCUT2D eigenvalue weighted by atomic mass is 35.5. The van der Waals surface area contributed by atoms with E-state index in [9.17, 15) is 18.0 Å². The maximum absolute atomic E-state index is 13.6. The number of fused-ring (bicyclic) bond motifs is 2. The van der Waals surface area contributed by atoms with E-state index >= 15 is 0 Å². The van der Waals surface area contributed by atoms with Crippen molar-refractivity contribution in [2.45, 2.75) is 30.9 Å². The zero-order valence-corrected chi connectivity index (χ0v) is 23.1. The van der Waals surface area contributed by atoms with Crippen LogP contribution in [0.3, 0.4) is 0 Å². The van der Waals surface area contributed by atoms with Crippen molar-refractivity contribution in [3.05, 3.63) is 75.4 Å². The minimum atomic E-state index is -4.07. The summed E-state index contributed by atoms with van der Waals surface area (Å²) >= 11 is 7.26. The normalized spacial score (nSPS) is 15.3. The lowest BCUT2D eigenvalue weighted by atomic mass is 10.2. The van der Waals surface area contributed by atoms with E-state index in [4.69, 9.17) is 21.1 Å². The Morgan fingerprint density at radius 2 is 1.87 bits per heavy atom.